The smallest absolute Gasteiger partial charge is 0.239 e. The molecule has 2 rings (SSSR count). The molecule has 0 bridgehead atoms. The van der Waals surface area contributed by atoms with Crippen LogP contribution in [-0.2, 0) is 17.9 Å². The number of nitrogens with two attached hydrogens (primary N) is 1. The Kier molecular flexibility index (Phi) is 4.56. The van der Waals surface area contributed by atoms with Crippen LogP contribution in [0.4, 0.5) is 0 Å². The van der Waals surface area contributed by atoms with Crippen LogP contribution >= 0.6 is 0 Å². The molecule has 1 unspecified atom stereocenters. The Hall–Kier alpha value is -1.39. The maximum absolute atomic E-state index is 12.1. The molecule has 19 heavy (non-hydrogen) atoms. The van der Waals surface area contributed by atoms with Crippen molar-refractivity contribution in [3.8, 4) is 0 Å². The number of likely N-dealkylation sites (N-methyl/N-ethyl adjacent to an activating group) is 1. The Balaban J connectivity index is 2.02. The molecule has 1 aromatic rings. The van der Waals surface area contributed by atoms with Gasteiger partial charge in [0.15, 0.2) is 0 Å². The van der Waals surface area contributed by atoms with Crippen molar-refractivity contribution < 1.29 is 4.79 Å². The number of hydrogen-bond acceptors (Lipinski definition) is 3. The number of rotatable bonds is 4. The molecular formula is C15H23N3O. The monoisotopic (exact) mass is 261 g/mol. The molecule has 1 aromatic carbocycles. The van der Waals surface area contributed by atoms with E-state index < -0.39 is 0 Å². The van der Waals surface area contributed by atoms with E-state index in [2.05, 4.69) is 29.2 Å². The summed E-state index contributed by atoms with van der Waals surface area (Å²) in [5.41, 5.74) is 7.99. The van der Waals surface area contributed by atoms with E-state index >= 15 is 0 Å². The van der Waals surface area contributed by atoms with Crippen LogP contribution in [0.15, 0.2) is 24.3 Å². The third-order valence-corrected chi connectivity index (χ3v) is 3.73. The normalized spacial score (nSPS) is 19.6. The van der Waals surface area contributed by atoms with Crippen LogP contribution in [0, 0.1) is 0 Å². The summed E-state index contributed by atoms with van der Waals surface area (Å²) in [4.78, 5) is 16.1. The fraction of sp³-hybridized carbons (Fsp3) is 0.533. The summed E-state index contributed by atoms with van der Waals surface area (Å²) in [6.45, 7) is 2.42. The maximum Gasteiger partial charge on any atom is 0.239 e. The Labute approximate surface area is 115 Å². The van der Waals surface area contributed by atoms with Gasteiger partial charge >= 0.3 is 0 Å². The molecule has 4 nitrogen and oxygen atoms in total. The van der Waals surface area contributed by atoms with Gasteiger partial charge in [0.2, 0.25) is 5.91 Å². The number of carbonyl (C=O) groups excluding carboxylic acids is 1. The first-order chi connectivity index (χ1) is 9.11. The van der Waals surface area contributed by atoms with Crippen LogP contribution < -0.4 is 5.73 Å². The van der Waals surface area contributed by atoms with Gasteiger partial charge in [0, 0.05) is 27.2 Å². The first-order valence-corrected chi connectivity index (χ1v) is 6.85. The van der Waals surface area contributed by atoms with Crippen molar-refractivity contribution in [2.45, 2.75) is 32.0 Å². The minimum absolute atomic E-state index is 0.0455. The highest BCUT2D eigenvalue weighted by atomic mass is 16.2. The van der Waals surface area contributed by atoms with Crippen LogP contribution in [0.3, 0.4) is 0 Å². The summed E-state index contributed by atoms with van der Waals surface area (Å²) in [7, 11) is 3.66. The Morgan fingerprint density at radius 2 is 1.95 bits per heavy atom. The predicted octanol–water partition coefficient (Wildman–Crippen LogP) is 1.20. The number of benzene rings is 1. The highest BCUT2D eigenvalue weighted by molar-refractivity contribution is 5.81. The lowest BCUT2D eigenvalue weighted by molar-refractivity contribution is -0.133. The van der Waals surface area contributed by atoms with Gasteiger partial charge in [0.1, 0.15) is 0 Å². The largest absolute Gasteiger partial charge is 0.347 e. The van der Waals surface area contributed by atoms with Crippen LogP contribution in [0.1, 0.15) is 24.0 Å². The van der Waals surface area contributed by atoms with Crippen LogP contribution in [-0.4, -0.2) is 42.4 Å². The summed E-state index contributed by atoms with van der Waals surface area (Å²) in [6, 6.07) is 8.39. The van der Waals surface area contributed by atoms with Crippen LogP contribution in [0.25, 0.3) is 0 Å². The number of hydrogen-bond donors (Lipinski definition) is 1. The van der Waals surface area contributed by atoms with Gasteiger partial charge in [0.05, 0.1) is 6.04 Å². The van der Waals surface area contributed by atoms with E-state index in [1.54, 1.807) is 4.90 Å². The van der Waals surface area contributed by atoms with Crippen molar-refractivity contribution in [1.82, 2.24) is 9.80 Å². The summed E-state index contributed by atoms with van der Waals surface area (Å²) in [5, 5.41) is 0. The molecule has 1 aliphatic rings. The topological polar surface area (TPSA) is 49.6 Å². The lowest BCUT2D eigenvalue weighted by atomic mass is 10.1. The van der Waals surface area contributed by atoms with Gasteiger partial charge in [-0.1, -0.05) is 24.3 Å². The fourth-order valence-corrected chi connectivity index (χ4v) is 2.61. The van der Waals surface area contributed by atoms with Crippen molar-refractivity contribution in [1.29, 1.82) is 0 Å². The van der Waals surface area contributed by atoms with Crippen molar-refractivity contribution in [3.05, 3.63) is 35.4 Å². The van der Waals surface area contributed by atoms with Gasteiger partial charge in [-0.2, -0.15) is 0 Å². The quantitative estimate of drug-likeness (QED) is 0.886. The van der Waals surface area contributed by atoms with Crippen molar-refractivity contribution in [2.75, 3.05) is 20.6 Å². The van der Waals surface area contributed by atoms with E-state index in [0.29, 0.717) is 6.54 Å². The van der Waals surface area contributed by atoms with E-state index in [9.17, 15) is 4.79 Å². The zero-order chi connectivity index (χ0) is 13.8. The van der Waals surface area contributed by atoms with E-state index in [4.69, 9.17) is 5.73 Å². The molecular weight excluding hydrogens is 238 g/mol. The summed E-state index contributed by atoms with van der Waals surface area (Å²) < 4.78 is 0. The highest BCUT2D eigenvalue weighted by Gasteiger charge is 2.31. The molecule has 1 aliphatic heterocycles. The second-order valence-electron chi connectivity index (χ2n) is 5.38. The number of amides is 1. The van der Waals surface area contributed by atoms with E-state index in [1.165, 1.54) is 5.56 Å². The molecule has 1 saturated heterocycles. The SMILES string of the molecule is CN(C)C(=O)C1CCCN1Cc1ccc(CN)cc1. The molecule has 1 heterocycles. The Bertz CT molecular complexity index is 428. The molecule has 2 N–H and O–H groups in total. The van der Waals surface area contributed by atoms with Gasteiger partial charge < -0.3 is 10.6 Å². The number of carbonyl (C=O) groups is 1. The molecule has 0 radical (unpaired) electrons. The third-order valence-electron chi connectivity index (χ3n) is 3.73. The van der Waals surface area contributed by atoms with Crippen molar-refractivity contribution in [2.24, 2.45) is 5.73 Å². The van der Waals surface area contributed by atoms with Gasteiger partial charge in [-0.15, -0.1) is 0 Å². The zero-order valence-corrected chi connectivity index (χ0v) is 11.8. The van der Waals surface area contributed by atoms with Gasteiger partial charge in [-0.05, 0) is 30.5 Å². The van der Waals surface area contributed by atoms with E-state index in [-0.39, 0.29) is 11.9 Å². The van der Waals surface area contributed by atoms with Crippen LogP contribution in [0.5, 0.6) is 0 Å². The van der Waals surface area contributed by atoms with Gasteiger partial charge in [-0.3, -0.25) is 9.69 Å². The Morgan fingerprint density at radius 1 is 1.32 bits per heavy atom. The van der Waals surface area contributed by atoms with Crippen molar-refractivity contribution in [3.63, 3.8) is 0 Å². The second-order valence-corrected chi connectivity index (χ2v) is 5.38. The molecule has 4 heteroatoms. The highest BCUT2D eigenvalue weighted by Crippen LogP contribution is 2.21. The summed E-state index contributed by atoms with van der Waals surface area (Å²) >= 11 is 0. The van der Waals surface area contributed by atoms with Gasteiger partial charge in [-0.25, -0.2) is 0 Å². The summed E-state index contributed by atoms with van der Waals surface area (Å²) in [5.74, 6) is 0.219. The molecule has 1 amide bonds. The Morgan fingerprint density at radius 3 is 2.53 bits per heavy atom. The maximum atomic E-state index is 12.1. The summed E-state index contributed by atoms with van der Waals surface area (Å²) in [6.07, 6.45) is 2.07. The van der Waals surface area contributed by atoms with Crippen molar-refractivity contribution >= 4 is 5.91 Å². The van der Waals surface area contributed by atoms with Gasteiger partial charge in [0.25, 0.3) is 0 Å². The average Bonchev–Trinajstić information content (AvgIpc) is 2.86. The molecule has 1 fully saturated rings. The third kappa shape index (κ3) is 3.33. The molecule has 0 aromatic heterocycles. The lowest BCUT2D eigenvalue weighted by Crippen LogP contribution is -2.42. The minimum Gasteiger partial charge on any atom is -0.347 e. The average molecular weight is 261 g/mol. The molecule has 0 spiro atoms. The van der Waals surface area contributed by atoms with Crippen LogP contribution in [0.2, 0.25) is 0 Å². The van der Waals surface area contributed by atoms with E-state index in [1.807, 2.05) is 14.1 Å². The second kappa shape index (κ2) is 6.17. The molecule has 104 valence electrons. The van der Waals surface area contributed by atoms with E-state index in [0.717, 1.165) is 31.5 Å². The molecule has 0 aliphatic carbocycles. The zero-order valence-electron chi connectivity index (χ0n) is 11.8. The fourth-order valence-electron chi connectivity index (χ4n) is 2.61. The first kappa shape index (κ1) is 14.0. The minimum atomic E-state index is 0.0455. The standard InChI is InChI=1S/C15H23N3O/c1-17(2)15(19)14-4-3-9-18(14)11-13-7-5-12(10-16)6-8-13/h5-8,14H,3-4,9-11,16H2,1-2H3. The number of nitrogens with zero attached hydrogens (tertiary/aromatic N) is 2. The predicted molar refractivity (Wildman–Crippen MR) is 76.5 cm³/mol. The lowest BCUT2D eigenvalue weighted by Gasteiger charge is -2.26. The first-order valence-electron chi connectivity index (χ1n) is 6.85. The molecule has 0 saturated carbocycles. The number of likely N-dealkylation sites (tertiary alicyclic amines) is 1. The molecule has 1 atom stereocenters.